The third kappa shape index (κ3) is 1.80. The Balaban J connectivity index is 2.05. The van der Waals surface area contributed by atoms with Crippen molar-refractivity contribution in [1.82, 2.24) is 0 Å². The molecule has 1 heteroatoms. The van der Waals surface area contributed by atoms with Crippen LogP contribution in [0.4, 0.5) is 0 Å². The van der Waals surface area contributed by atoms with Gasteiger partial charge in [-0.15, -0.1) is 0 Å². The maximum absolute atomic E-state index is 5.90. The number of hydrogen-bond donors (Lipinski definition) is 0. The quantitative estimate of drug-likeness (QED) is 0.565. The van der Waals surface area contributed by atoms with E-state index in [4.69, 9.17) is 7.85 Å². The highest BCUT2D eigenvalue weighted by atomic mass is 14.4. The Bertz CT molecular complexity index is 165. The lowest BCUT2D eigenvalue weighted by molar-refractivity contribution is 0.0720. The fraction of sp³-hybridized carbons (Fsp3) is 1.00. The molecule has 0 aromatic rings. The van der Waals surface area contributed by atoms with Gasteiger partial charge in [0.15, 0.2) is 0 Å². The van der Waals surface area contributed by atoms with Crippen molar-refractivity contribution in [1.29, 1.82) is 0 Å². The molecule has 0 amide bonds. The smallest absolute Gasteiger partial charge is 0.0657 e. The van der Waals surface area contributed by atoms with Crippen molar-refractivity contribution >= 4 is 7.85 Å². The number of hydrogen-bond acceptors (Lipinski definition) is 0. The Kier molecular flexibility index (Phi) is 3.01. The largest absolute Gasteiger partial charge is 0.0854 e. The second-order valence-corrected chi connectivity index (χ2v) is 5.10. The standard InChI is InChI=1S/C12H21B/c1-2-10-6-9-4-3-5-11(7-9)12(10)8-13/h9-12H,2-8H2,1H3. The van der Waals surface area contributed by atoms with Crippen molar-refractivity contribution < 1.29 is 0 Å². The molecule has 2 aliphatic carbocycles. The molecule has 72 valence electrons. The average Bonchev–Trinajstić information content (AvgIpc) is 2.17. The Morgan fingerprint density at radius 2 is 2.08 bits per heavy atom. The van der Waals surface area contributed by atoms with E-state index in [1.54, 1.807) is 0 Å². The third-order valence-corrected chi connectivity index (χ3v) is 4.47. The zero-order valence-corrected chi connectivity index (χ0v) is 8.84. The van der Waals surface area contributed by atoms with E-state index in [9.17, 15) is 0 Å². The van der Waals surface area contributed by atoms with E-state index in [1.165, 1.54) is 38.5 Å². The minimum atomic E-state index is 0.863. The first kappa shape index (κ1) is 9.61. The minimum Gasteiger partial charge on any atom is -0.0854 e. The molecular weight excluding hydrogens is 155 g/mol. The maximum atomic E-state index is 5.90. The maximum Gasteiger partial charge on any atom is 0.0657 e. The summed E-state index contributed by atoms with van der Waals surface area (Å²) in [4.78, 5) is 0. The van der Waals surface area contributed by atoms with Gasteiger partial charge in [0, 0.05) is 0 Å². The Labute approximate surface area is 83.9 Å². The zero-order chi connectivity index (χ0) is 9.26. The van der Waals surface area contributed by atoms with Crippen LogP contribution in [0.5, 0.6) is 0 Å². The fourth-order valence-electron chi connectivity index (χ4n) is 3.78. The minimum absolute atomic E-state index is 0.863. The summed E-state index contributed by atoms with van der Waals surface area (Å²) in [7, 11) is 5.90. The predicted octanol–water partition coefficient (Wildman–Crippen LogP) is 3.43. The molecule has 2 fully saturated rings. The van der Waals surface area contributed by atoms with Crippen LogP contribution in [0.15, 0.2) is 0 Å². The van der Waals surface area contributed by atoms with Gasteiger partial charge in [-0.3, -0.25) is 0 Å². The van der Waals surface area contributed by atoms with Crippen LogP contribution in [-0.2, 0) is 0 Å². The van der Waals surface area contributed by atoms with Crippen molar-refractivity contribution in [2.45, 2.75) is 51.8 Å². The molecule has 2 radical (unpaired) electrons. The van der Waals surface area contributed by atoms with Crippen LogP contribution < -0.4 is 0 Å². The normalized spacial score (nSPS) is 44.7. The molecule has 0 saturated heterocycles. The van der Waals surface area contributed by atoms with E-state index >= 15 is 0 Å². The van der Waals surface area contributed by atoms with Gasteiger partial charge in [-0.25, -0.2) is 0 Å². The monoisotopic (exact) mass is 176 g/mol. The van der Waals surface area contributed by atoms with Crippen LogP contribution in [0.3, 0.4) is 0 Å². The van der Waals surface area contributed by atoms with E-state index in [1.807, 2.05) is 0 Å². The van der Waals surface area contributed by atoms with Gasteiger partial charge in [-0.1, -0.05) is 38.9 Å². The van der Waals surface area contributed by atoms with Crippen LogP contribution in [0.2, 0.25) is 6.32 Å². The van der Waals surface area contributed by atoms with Crippen LogP contribution in [0, 0.1) is 23.7 Å². The molecule has 0 spiro atoms. The summed E-state index contributed by atoms with van der Waals surface area (Å²) in [6.07, 6.45) is 9.72. The van der Waals surface area contributed by atoms with Gasteiger partial charge in [-0.05, 0) is 36.5 Å². The van der Waals surface area contributed by atoms with Gasteiger partial charge in [0.25, 0.3) is 0 Å². The molecule has 0 heterocycles. The average molecular weight is 176 g/mol. The molecule has 0 N–H and O–H groups in total. The summed E-state index contributed by atoms with van der Waals surface area (Å²) < 4.78 is 0. The van der Waals surface area contributed by atoms with Gasteiger partial charge in [-0.2, -0.15) is 0 Å². The third-order valence-electron chi connectivity index (χ3n) is 4.47. The second kappa shape index (κ2) is 4.06. The van der Waals surface area contributed by atoms with Gasteiger partial charge >= 0.3 is 0 Å². The van der Waals surface area contributed by atoms with Crippen LogP contribution in [0.1, 0.15) is 45.4 Å². The number of rotatable bonds is 2. The van der Waals surface area contributed by atoms with Crippen molar-refractivity contribution in [3.63, 3.8) is 0 Å². The Morgan fingerprint density at radius 1 is 1.23 bits per heavy atom. The lowest BCUT2D eigenvalue weighted by Crippen LogP contribution is -2.35. The van der Waals surface area contributed by atoms with Gasteiger partial charge in [0.2, 0.25) is 0 Å². The molecule has 4 atom stereocenters. The molecule has 0 nitrogen and oxygen atoms in total. The van der Waals surface area contributed by atoms with Crippen molar-refractivity contribution in [3.8, 4) is 0 Å². The molecular formula is C12H21B. The first-order chi connectivity index (χ1) is 6.35. The Morgan fingerprint density at radius 3 is 2.77 bits per heavy atom. The van der Waals surface area contributed by atoms with Crippen LogP contribution in [-0.4, -0.2) is 7.85 Å². The number of fused-ring (bicyclic) bond motifs is 2. The predicted molar refractivity (Wildman–Crippen MR) is 57.9 cm³/mol. The Hall–Kier alpha value is 0.0649. The molecule has 13 heavy (non-hydrogen) atoms. The van der Waals surface area contributed by atoms with Crippen molar-refractivity contribution in [2.24, 2.45) is 23.7 Å². The van der Waals surface area contributed by atoms with E-state index in [-0.39, 0.29) is 0 Å². The lowest BCUT2D eigenvalue weighted by atomic mass is 9.59. The highest BCUT2D eigenvalue weighted by Crippen LogP contribution is 2.48. The molecule has 2 bridgehead atoms. The lowest BCUT2D eigenvalue weighted by Gasteiger charge is -2.45. The highest BCUT2D eigenvalue weighted by molar-refractivity contribution is 6.08. The topological polar surface area (TPSA) is 0 Å². The van der Waals surface area contributed by atoms with Gasteiger partial charge in [0.05, 0.1) is 7.85 Å². The molecule has 0 aromatic carbocycles. The van der Waals surface area contributed by atoms with E-state index in [0.29, 0.717) is 0 Å². The van der Waals surface area contributed by atoms with E-state index in [0.717, 1.165) is 30.0 Å². The molecule has 0 aromatic heterocycles. The van der Waals surface area contributed by atoms with Crippen molar-refractivity contribution in [3.05, 3.63) is 0 Å². The SMILES string of the molecule is [B]CC1C(CC)CC2CCCC1C2. The molecule has 4 unspecified atom stereocenters. The first-order valence-electron chi connectivity index (χ1n) is 6.05. The summed E-state index contributed by atoms with van der Waals surface area (Å²) in [5.41, 5.74) is 0. The zero-order valence-electron chi connectivity index (χ0n) is 8.84. The summed E-state index contributed by atoms with van der Waals surface area (Å²) in [5.74, 6) is 3.87. The van der Waals surface area contributed by atoms with E-state index in [2.05, 4.69) is 6.92 Å². The molecule has 2 rings (SSSR count). The van der Waals surface area contributed by atoms with Gasteiger partial charge < -0.3 is 0 Å². The summed E-state index contributed by atoms with van der Waals surface area (Å²) in [6, 6.07) is 0. The first-order valence-corrected chi connectivity index (χ1v) is 6.05. The summed E-state index contributed by atoms with van der Waals surface area (Å²) in [6.45, 7) is 2.34. The molecule has 0 aliphatic heterocycles. The second-order valence-electron chi connectivity index (χ2n) is 5.10. The highest BCUT2D eigenvalue weighted by Gasteiger charge is 2.37. The summed E-state index contributed by atoms with van der Waals surface area (Å²) >= 11 is 0. The summed E-state index contributed by atoms with van der Waals surface area (Å²) in [5, 5.41) is 0. The molecule has 2 saturated carbocycles. The molecule has 2 aliphatic rings. The van der Waals surface area contributed by atoms with Gasteiger partial charge in [0.1, 0.15) is 0 Å². The van der Waals surface area contributed by atoms with Crippen LogP contribution in [0.25, 0.3) is 0 Å². The fourth-order valence-corrected chi connectivity index (χ4v) is 3.78. The van der Waals surface area contributed by atoms with Crippen molar-refractivity contribution in [2.75, 3.05) is 0 Å². The van der Waals surface area contributed by atoms with Crippen LogP contribution >= 0.6 is 0 Å². The van der Waals surface area contributed by atoms with E-state index < -0.39 is 0 Å².